The van der Waals surface area contributed by atoms with Gasteiger partial charge in [-0.05, 0) is 92.3 Å². The van der Waals surface area contributed by atoms with Crippen molar-refractivity contribution in [1.29, 1.82) is 0 Å². The molecular weight excluding hydrogens is 757 g/mol. The summed E-state index contributed by atoms with van der Waals surface area (Å²) < 4.78 is 12.2. The van der Waals surface area contributed by atoms with Crippen molar-refractivity contribution in [3.8, 4) is 22.8 Å². The van der Waals surface area contributed by atoms with E-state index in [1.165, 1.54) is 11.3 Å². The third kappa shape index (κ3) is 8.18. The number of anilines is 2. The molecule has 2 atom stereocenters. The van der Waals surface area contributed by atoms with E-state index in [0.717, 1.165) is 58.8 Å². The van der Waals surface area contributed by atoms with E-state index in [0.29, 0.717) is 42.7 Å². The van der Waals surface area contributed by atoms with Crippen LogP contribution in [0.25, 0.3) is 11.3 Å². The number of amides is 4. The van der Waals surface area contributed by atoms with Gasteiger partial charge in [0.2, 0.25) is 23.6 Å². The molecule has 2 N–H and O–H groups in total. The fourth-order valence-electron chi connectivity index (χ4n) is 8.09. The maximum atomic E-state index is 13.5. The molecule has 12 nitrogen and oxygen atoms in total. The predicted octanol–water partition coefficient (Wildman–Crippen LogP) is 6.91. The van der Waals surface area contributed by atoms with Gasteiger partial charge >= 0.3 is 0 Å². The quantitative estimate of drug-likeness (QED) is 0.102. The van der Waals surface area contributed by atoms with Gasteiger partial charge in [0.1, 0.15) is 11.5 Å². The van der Waals surface area contributed by atoms with Crippen LogP contribution in [-0.2, 0) is 32.0 Å². The van der Waals surface area contributed by atoms with Gasteiger partial charge in [-0.15, -0.1) is 11.3 Å². The molecule has 2 aliphatic carbocycles. The Kier molecular flexibility index (Phi) is 10.7. The second-order valence-electron chi connectivity index (χ2n) is 16.5. The third-order valence-corrected chi connectivity index (χ3v) is 12.5. The molecule has 4 aromatic rings. The SMILES string of the molecule is Cc1sc(NC(=O)Cc2cccc(OCCC(C)(C)CCOc3cccc4c3C(=O)C(C3CCC(=O)NC3=O)C4=O)c2)nc1-c1ccc2c(c1)CCN2C(=O)C1CC1. The lowest BCUT2D eigenvalue weighted by Gasteiger charge is -2.25. The summed E-state index contributed by atoms with van der Waals surface area (Å²) in [6.45, 7) is 7.65. The van der Waals surface area contributed by atoms with Crippen molar-refractivity contribution in [3.63, 3.8) is 0 Å². The van der Waals surface area contributed by atoms with Gasteiger partial charge in [-0.25, -0.2) is 4.98 Å². The van der Waals surface area contributed by atoms with Gasteiger partial charge in [-0.3, -0.25) is 34.1 Å². The van der Waals surface area contributed by atoms with Gasteiger partial charge in [0, 0.05) is 40.6 Å². The van der Waals surface area contributed by atoms with Crippen LogP contribution in [0.1, 0.15) is 89.1 Å². The molecule has 3 aromatic carbocycles. The summed E-state index contributed by atoms with van der Waals surface area (Å²) in [5.41, 5.74) is 5.02. The van der Waals surface area contributed by atoms with E-state index in [1.807, 2.05) is 48.2 Å². The van der Waals surface area contributed by atoms with Crippen LogP contribution in [0.2, 0.25) is 0 Å². The van der Waals surface area contributed by atoms with Crippen LogP contribution < -0.4 is 25.0 Å². The minimum absolute atomic E-state index is 0.0902. The van der Waals surface area contributed by atoms with Gasteiger partial charge in [0.25, 0.3) is 0 Å². The average Bonchev–Trinajstić information content (AvgIpc) is 3.78. The molecule has 2 fully saturated rings. The molecule has 4 aliphatic rings. The van der Waals surface area contributed by atoms with Crippen molar-refractivity contribution in [1.82, 2.24) is 10.3 Å². The van der Waals surface area contributed by atoms with E-state index < -0.39 is 35.2 Å². The number of ketones is 2. The van der Waals surface area contributed by atoms with Crippen LogP contribution in [-0.4, -0.2) is 59.9 Å². The van der Waals surface area contributed by atoms with Crippen LogP contribution >= 0.6 is 11.3 Å². The fraction of sp³-hybridized carbons (Fsp3) is 0.400. The lowest BCUT2D eigenvalue weighted by Crippen LogP contribution is -2.46. The normalized spacial score (nSPS) is 18.8. The molecule has 4 amide bonds. The summed E-state index contributed by atoms with van der Waals surface area (Å²) in [6.07, 6.45) is 4.55. The molecule has 1 saturated carbocycles. The number of fused-ring (bicyclic) bond motifs is 2. The largest absolute Gasteiger partial charge is 0.494 e. The first-order valence-corrected chi connectivity index (χ1v) is 20.8. The molecule has 0 bridgehead atoms. The van der Waals surface area contributed by atoms with Crippen molar-refractivity contribution in [3.05, 3.63) is 87.8 Å². The lowest BCUT2D eigenvalue weighted by molar-refractivity contribution is -0.137. The minimum atomic E-state index is -1.15. The zero-order chi connectivity index (χ0) is 40.7. The molecule has 2 unspecified atom stereocenters. The number of imide groups is 1. The van der Waals surface area contributed by atoms with Gasteiger partial charge < -0.3 is 19.7 Å². The zero-order valence-corrected chi connectivity index (χ0v) is 33.7. The van der Waals surface area contributed by atoms with Crippen LogP contribution in [0.4, 0.5) is 10.8 Å². The molecule has 3 heterocycles. The number of thiazole rings is 1. The number of Topliss-reactive ketones (excluding diaryl/α,β-unsaturated/α-hetero) is 2. The van der Waals surface area contributed by atoms with Gasteiger partial charge in [0.05, 0.1) is 42.7 Å². The third-order valence-electron chi connectivity index (χ3n) is 11.6. The van der Waals surface area contributed by atoms with E-state index in [4.69, 9.17) is 14.5 Å². The number of nitrogens with one attached hydrogen (secondary N) is 2. The molecule has 1 saturated heterocycles. The summed E-state index contributed by atoms with van der Waals surface area (Å²) in [4.78, 5) is 84.4. The van der Waals surface area contributed by atoms with Crippen molar-refractivity contribution in [2.45, 2.75) is 72.1 Å². The Morgan fingerprint density at radius 3 is 2.48 bits per heavy atom. The van der Waals surface area contributed by atoms with Crippen LogP contribution in [0.3, 0.4) is 0 Å². The summed E-state index contributed by atoms with van der Waals surface area (Å²) in [6, 6.07) is 18.6. The van der Waals surface area contributed by atoms with Crippen molar-refractivity contribution < 1.29 is 38.2 Å². The van der Waals surface area contributed by atoms with Crippen molar-refractivity contribution >= 4 is 57.4 Å². The molecule has 1 aromatic heterocycles. The second-order valence-corrected chi connectivity index (χ2v) is 17.7. The number of benzene rings is 3. The zero-order valence-electron chi connectivity index (χ0n) is 32.9. The lowest BCUT2D eigenvalue weighted by atomic mass is 9.82. The molecule has 300 valence electrons. The second kappa shape index (κ2) is 15.9. The molecule has 2 aliphatic heterocycles. The first-order chi connectivity index (χ1) is 27.8. The molecule has 0 radical (unpaired) electrons. The van der Waals surface area contributed by atoms with Crippen LogP contribution in [0, 0.1) is 30.1 Å². The first-order valence-electron chi connectivity index (χ1n) is 20.0. The first kappa shape index (κ1) is 39.2. The molecule has 58 heavy (non-hydrogen) atoms. The number of aromatic nitrogens is 1. The smallest absolute Gasteiger partial charge is 0.230 e. The number of carbonyl (C=O) groups excluding carboxylic acids is 6. The maximum Gasteiger partial charge on any atom is 0.230 e. The van der Waals surface area contributed by atoms with Gasteiger partial charge in [-0.2, -0.15) is 0 Å². The van der Waals surface area contributed by atoms with E-state index in [9.17, 15) is 28.8 Å². The maximum absolute atomic E-state index is 13.5. The molecular formula is C45H46N4O8S. The molecule has 0 spiro atoms. The number of ether oxygens (including phenoxy) is 2. The number of rotatable bonds is 14. The number of hydrogen-bond acceptors (Lipinski definition) is 10. The number of nitrogens with zero attached hydrogens (tertiary/aromatic N) is 2. The Morgan fingerprint density at radius 2 is 1.71 bits per heavy atom. The summed E-state index contributed by atoms with van der Waals surface area (Å²) in [5.74, 6) is -2.63. The van der Waals surface area contributed by atoms with Crippen LogP contribution in [0.15, 0.2) is 60.7 Å². The highest BCUT2D eigenvalue weighted by Gasteiger charge is 2.48. The molecule has 8 rings (SSSR count). The predicted molar refractivity (Wildman–Crippen MR) is 218 cm³/mol. The van der Waals surface area contributed by atoms with Crippen molar-refractivity contribution in [2.24, 2.45) is 23.2 Å². The number of aryl methyl sites for hydroxylation is 1. The standard InChI is InChI=1S/C45H46N4O8S/c1-25-39(29-12-14-33-28(24-29)16-19-49(33)43(55)27-10-11-27)48-44(58-25)47-36(51)23-26-6-4-7-30(22-26)56-20-17-45(2,3)18-21-57-34-9-5-8-31-37(34)41(53)38(40(31)52)32-13-15-35(50)46-42(32)54/h4-9,12,14,22,24,27,32,38H,10-11,13,15-21,23H2,1-3H3,(H,46,50,54)(H,47,48,51). The fourth-order valence-corrected chi connectivity index (χ4v) is 8.95. The Bertz CT molecular complexity index is 2350. The van der Waals surface area contributed by atoms with Gasteiger partial charge in [-0.1, -0.05) is 44.2 Å². The molecule has 13 heteroatoms. The summed E-state index contributed by atoms with van der Waals surface area (Å²) in [5, 5.41) is 5.76. The van der Waals surface area contributed by atoms with Gasteiger partial charge in [0.15, 0.2) is 16.7 Å². The minimum Gasteiger partial charge on any atom is -0.494 e. The van der Waals surface area contributed by atoms with Crippen LogP contribution in [0.5, 0.6) is 11.5 Å². The highest BCUT2D eigenvalue weighted by molar-refractivity contribution is 7.16. The van der Waals surface area contributed by atoms with E-state index in [1.54, 1.807) is 18.2 Å². The van der Waals surface area contributed by atoms with E-state index >= 15 is 0 Å². The topological polar surface area (TPSA) is 161 Å². The highest BCUT2D eigenvalue weighted by Crippen LogP contribution is 2.41. The Labute approximate surface area is 340 Å². The summed E-state index contributed by atoms with van der Waals surface area (Å²) in [7, 11) is 0. The number of carbonyl (C=O) groups is 6. The average molecular weight is 803 g/mol. The monoisotopic (exact) mass is 802 g/mol. The number of piperidine rings is 1. The highest BCUT2D eigenvalue weighted by atomic mass is 32.1. The summed E-state index contributed by atoms with van der Waals surface area (Å²) >= 11 is 1.44. The van der Waals surface area contributed by atoms with E-state index in [-0.39, 0.29) is 53.5 Å². The number of hydrogen-bond donors (Lipinski definition) is 2. The van der Waals surface area contributed by atoms with E-state index in [2.05, 4.69) is 30.5 Å². The Balaban J connectivity index is 0.806. The Morgan fingerprint density at radius 1 is 0.931 bits per heavy atom. The van der Waals surface area contributed by atoms with Crippen molar-refractivity contribution in [2.75, 3.05) is 30.0 Å². The Hall–Kier alpha value is -5.69.